The van der Waals surface area contributed by atoms with E-state index in [1.807, 2.05) is 36.5 Å². The Labute approximate surface area is 182 Å². The normalized spacial score (nSPS) is 11.4. The second kappa shape index (κ2) is 8.32. The van der Waals surface area contributed by atoms with Gasteiger partial charge in [0, 0.05) is 17.1 Å². The smallest absolute Gasteiger partial charge is 0.275 e. The fourth-order valence-electron chi connectivity index (χ4n) is 2.83. The van der Waals surface area contributed by atoms with E-state index in [9.17, 15) is 18.3 Å². The minimum atomic E-state index is -3.48. The van der Waals surface area contributed by atoms with E-state index in [0.29, 0.717) is 5.01 Å². The van der Waals surface area contributed by atoms with Crippen LogP contribution in [0, 0.1) is 0 Å². The van der Waals surface area contributed by atoms with E-state index in [-0.39, 0.29) is 27.8 Å². The monoisotopic (exact) mass is 454 g/mol. The molecule has 0 fully saturated rings. The van der Waals surface area contributed by atoms with Crippen molar-refractivity contribution in [3.63, 3.8) is 0 Å². The van der Waals surface area contributed by atoms with Gasteiger partial charge in [-0.25, -0.2) is 18.1 Å². The van der Waals surface area contributed by atoms with Gasteiger partial charge in [0.25, 0.3) is 5.91 Å². The maximum atomic E-state index is 12.6. The SMILES string of the molecule is CCS(=O)(=O)c1ccc(O)c(NC(=O)c2csc(-c3cnn(-c4ccccc4)c3)n2)c1. The summed E-state index contributed by atoms with van der Waals surface area (Å²) in [5.74, 6) is -0.876. The first kappa shape index (κ1) is 20.8. The van der Waals surface area contributed by atoms with Crippen molar-refractivity contribution in [3.8, 4) is 22.0 Å². The molecule has 2 aromatic carbocycles. The molecule has 0 saturated heterocycles. The fraction of sp³-hybridized carbons (Fsp3) is 0.0952. The number of phenols is 1. The number of hydrogen-bond donors (Lipinski definition) is 2. The van der Waals surface area contributed by atoms with Gasteiger partial charge in [0.1, 0.15) is 16.5 Å². The zero-order valence-corrected chi connectivity index (χ0v) is 18.0. The minimum absolute atomic E-state index is 0.00553. The molecular weight excluding hydrogens is 436 g/mol. The number of amides is 1. The molecule has 2 heterocycles. The summed E-state index contributed by atoms with van der Waals surface area (Å²) in [5.41, 5.74) is 1.81. The average molecular weight is 455 g/mol. The van der Waals surface area contributed by atoms with Gasteiger partial charge >= 0.3 is 0 Å². The van der Waals surface area contributed by atoms with Gasteiger partial charge in [-0.05, 0) is 30.3 Å². The highest BCUT2D eigenvalue weighted by Crippen LogP contribution is 2.29. The molecule has 1 amide bonds. The summed E-state index contributed by atoms with van der Waals surface area (Å²) in [6, 6.07) is 13.4. The summed E-state index contributed by atoms with van der Waals surface area (Å²) >= 11 is 1.28. The molecule has 2 aromatic heterocycles. The minimum Gasteiger partial charge on any atom is -0.506 e. The lowest BCUT2D eigenvalue weighted by molar-refractivity contribution is 0.102. The van der Waals surface area contributed by atoms with E-state index in [4.69, 9.17) is 0 Å². The number of hydrogen-bond acceptors (Lipinski definition) is 7. The molecule has 0 aliphatic rings. The number of aromatic nitrogens is 3. The zero-order chi connectivity index (χ0) is 22.0. The van der Waals surface area contributed by atoms with Crippen LogP contribution in [0.5, 0.6) is 5.75 Å². The predicted molar refractivity (Wildman–Crippen MR) is 118 cm³/mol. The van der Waals surface area contributed by atoms with Crippen molar-refractivity contribution in [2.24, 2.45) is 0 Å². The number of para-hydroxylation sites is 1. The first-order valence-corrected chi connectivity index (χ1v) is 11.8. The number of anilines is 1. The number of sulfone groups is 1. The van der Waals surface area contributed by atoms with E-state index in [1.165, 1.54) is 36.5 Å². The average Bonchev–Trinajstić information content (AvgIpc) is 3.45. The summed E-state index contributed by atoms with van der Waals surface area (Å²) in [5, 5.41) is 19.1. The molecule has 0 spiro atoms. The van der Waals surface area contributed by atoms with E-state index >= 15 is 0 Å². The van der Waals surface area contributed by atoms with Gasteiger partial charge in [-0.15, -0.1) is 11.3 Å². The van der Waals surface area contributed by atoms with E-state index in [0.717, 1.165) is 11.3 Å². The summed E-state index contributed by atoms with van der Waals surface area (Å²) in [6.07, 6.45) is 3.49. The Morgan fingerprint density at radius 2 is 1.97 bits per heavy atom. The van der Waals surface area contributed by atoms with Gasteiger partial charge in [-0.2, -0.15) is 5.10 Å². The number of benzene rings is 2. The Bertz CT molecular complexity index is 1340. The molecule has 2 N–H and O–H groups in total. The van der Waals surface area contributed by atoms with Gasteiger partial charge in [0.2, 0.25) is 0 Å². The van der Waals surface area contributed by atoms with Crippen LogP contribution in [-0.4, -0.2) is 39.9 Å². The molecule has 8 nitrogen and oxygen atoms in total. The molecule has 0 radical (unpaired) electrons. The van der Waals surface area contributed by atoms with Crippen molar-refractivity contribution in [1.82, 2.24) is 14.8 Å². The Morgan fingerprint density at radius 3 is 2.71 bits per heavy atom. The van der Waals surface area contributed by atoms with Crippen LogP contribution in [0.25, 0.3) is 16.3 Å². The highest BCUT2D eigenvalue weighted by atomic mass is 32.2. The fourth-order valence-corrected chi connectivity index (χ4v) is 4.51. The molecular formula is C21H18N4O4S2. The van der Waals surface area contributed by atoms with Crippen molar-refractivity contribution in [3.05, 3.63) is 72.0 Å². The van der Waals surface area contributed by atoms with Crippen LogP contribution in [0.15, 0.2) is 71.2 Å². The molecule has 31 heavy (non-hydrogen) atoms. The van der Waals surface area contributed by atoms with Gasteiger partial charge < -0.3 is 10.4 Å². The molecule has 158 valence electrons. The number of carbonyl (C=O) groups excluding carboxylic acids is 1. The number of aromatic hydroxyl groups is 1. The van der Waals surface area contributed by atoms with Gasteiger partial charge in [0.05, 0.1) is 28.2 Å². The maximum Gasteiger partial charge on any atom is 0.275 e. The number of nitrogens with zero attached hydrogens (tertiary/aromatic N) is 3. The molecule has 10 heteroatoms. The highest BCUT2D eigenvalue weighted by Gasteiger charge is 2.18. The zero-order valence-electron chi connectivity index (χ0n) is 16.4. The first-order valence-electron chi connectivity index (χ1n) is 9.30. The van der Waals surface area contributed by atoms with Crippen molar-refractivity contribution < 1.29 is 18.3 Å². The lowest BCUT2D eigenvalue weighted by Gasteiger charge is -2.08. The molecule has 0 bridgehead atoms. The van der Waals surface area contributed by atoms with Crippen LogP contribution in [0.3, 0.4) is 0 Å². The van der Waals surface area contributed by atoms with Crippen molar-refractivity contribution >= 4 is 32.8 Å². The lowest BCUT2D eigenvalue weighted by atomic mass is 10.3. The highest BCUT2D eigenvalue weighted by molar-refractivity contribution is 7.91. The molecule has 0 saturated carbocycles. The van der Waals surface area contributed by atoms with Gasteiger partial charge in [-0.1, -0.05) is 25.1 Å². The Kier molecular flexibility index (Phi) is 5.57. The third kappa shape index (κ3) is 4.35. The van der Waals surface area contributed by atoms with Crippen LogP contribution in [-0.2, 0) is 9.84 Å². The Hall–Kier alpha value is -3.50. The standard InChI is InChI=1S/C21H18N4O4S2/c1-2-31(28,29)16-8-9-19(26)17(10-16)23-20(27)18-13-30-21(24-18)14-11-22-25(12-14)15-6-4-3-5-7-15/h3-13,26H,2H2,1H3,(H,23,27). The maximum absolute atomic E-state index is 12.6. The van der Waals surface area contributed by atoms with Crippen LogP contribution in [0.2, 0.25) is 0 Å². The van der Waals surface area contributed by atoms with Crippen LogP contribution >= 0.6 is 11.3 Å². The quantitative estimate of drug-likeness (QED) is 0.429. The summed E-state index contributed by atoms with van der Waals surface area (Å²) in [4.78, 5) is 17.0. The lowest BCUT2D eigenvalue weighted by Crippen LogP contribution is -2.13. The summed E-state index contributed by atoms with van der Waals surface area (Å²) in [7, 11) is -3.48. The third-order valence-electron chi connectivity index (χ3n) is 4.54. The van der Waals surface area contributed by atoms with Crippen LogP contribution in [0.4, 0.5) is 5.69 Å². The van der Waals surface area contributed by atoms with E-state index in [1.54, 1.807) is 16.3 Å². The number of carbonyl (C=O) groups is 1. The predicted octanol–water partition coefficient (Wildman–Crippen LogP) is 3.75. The van der Waals surface area contributed by atoms with Gasteiger partial charge in [-0.3, -0.25) is 4.79 Å². The largest absolute Gasteiger partial charge is 0.506 e. The Balaban J connectivity index is 1.55. The van der Waals surface area contributed by atoms with E-state index in [2.05, 4.69) is 15.4 Å². The number of nitrogens with one attached hydrogen (secondary N) is 1. The molecule has 4 rings (SSSR count). The van der Waals surface area contributed by atoms with Crippen molar-refractivity contribution in [1.29, 1.82) is 0 Å². The first-order chi connectivity index (χ1) is 14.9. The molecule has 0 aliphatic carbocycles. The summed E-state index contributed by atoms with van der Waals surface area (Å²) < 4.78 is 25.9. The van der Waals surface area contributed by atoms with Gasteiger partial charge in [0.15, 0.2) is 9.84 Å². The van der Waals surface area contributed by atoms with Crippen molar-refractivity contribution in [2.75, 3.05) is 11.1 Å². The topological polar surface area (TPSA) is 114 Å². The van der Waals surface area contributed by atoms with E-state index < -0.39 is 15.7 Å². The Morgan fingerprint density at radius 1 is 1.19 bits per heavy atom. The molecule has 0 aliphatic heterocycles. The molecule has 0 atom stereocenters. The van der Waals surface area contributed by atoms with Crippen LogP contribution in [0.1, 0.15) is 17.4 Å². The second-order valence-electron chi connectivity index (χ2n) is 6.58. The van der Waals surface area contributed by atoms with Crippen LogP contribution < -0.4 is 5.32 Å². The second-order valence-corrected chi connectivity index (χ2v) is 9.72. The number of thiazole rings is 1. The number of rotatable bonds is 6. The summed E-state index contributed by atoms with van der Waals surface area (Å²) in [6.45, 7) is 1.52. The number of phenolic OH excluding ortho intramolecular Hbond substituents is 1. The molecule has 4 aromatic rings. The third-order valence-corrected chi connectivity index (χ3v) is 7.17. The molecule has 0 unspecified atom stereocenters. The van der Waals surface area contributed by atoms with Crippen molar-refractivity contribution in [2.45, 2.75) is 11.8 Å².